The van der Waals surface area contributed by atoms with Gasteiger partial charge in [-0.1, -0.05) is 32.0 Å². The van der Waals surface area contributed by atoms with Crippen LogP contribution < -0.4 is 4.74 Å². The number of ether oxygens (including phenoxy) is 1. The fourth-order valence-electron chi connectivity index (χ4n) is 3.06. The van der Waals surface area contributed by atoms with Crippen LogP contribution in [0.5, 0.6) is 5.75 Å². The number of aliphatic hydroxyl groups is 1. The fourth-order valence-corrected chi connectivity index (χ4v) is 3.06. The molecule has 1 atom stereocenters. The van der Waals surface area contributed by atoms with E-state index in [1.807, 2.05) is 31.2 Å². The van der Waals surface area contributed by atoms with Gasteiger partial charge >= 0.3 is 0 Å². The first-order valence-electron chi connectivity index (χ1n) is 7.42. The summed E-state index contributed by atoms with van der Waals surface area (Å²) in [6, 6.07) is 7.94. The largest absolute Gasteiger partial charge is 0.493 e. The van der Waals surface area contributed by atoms with Crippen molar-refractivity contribution in [1.29, 1.82) is 0 Å². The molecule has 1 aromatic rings. The number of rotatable bonds is 3. The molecule has 1 aliphatic carbocycles. The van der Waals surface area contributed by atoms with E-state index in [1.165, 1.54) is 6.42 Å². The molecule has 19 heavy (non-hydrogen) atoms. The van der Waals surface area contributed by atoms with Crippen molar-refractivity contribution >= 4 is 0 Å². The second-order valence-electron chi connectivity index (χ2n) is 6.48. The summed E-state index contributed by atoms with van der Waals surface area (Å²) in [5.41, 5.74) is 0.583. The van der Waals surface area contributed by atoms with Crippen molar-refractivity contribution in [1.82, 2.24) is 0 Å². The minimum Gasteiger partial charge on any atom is -0.493 e. The second-order valence-corrected chi connectivity index (χ2v) is 6.48. The molecule has 0 spiro atoms. The molecule has 1 unspecified atom stereocenters. The molecule has 0 aromatic heterocycles. The van der Waals surface area contributed by atoms with Crippen molar-refractivity contribution in [3.63, 3.8) is 0 Å². The molecule has 2 rings (SSSR count). The van der Waals surface area contributed by atoms with Gasteiger partial charge in [-0.2, -0.15) is 0 Å². The van der Waals surface area contributed by atoms with Crippen molar-refractivity contribution in [3.8, 4) is 5.75 Å². The predicted molar refractivity (Wildman–Crippen MR) is 78.4 cm³/mol. The zero-order valence-electron chi connectivity index (χ0n) is 12.4. The van der Waals surface area contributed by atoms with E-state index in [0.29, 0.717) is 12.0 Å². The summed E-state index contributed by atoms with van der Waals surface area (Å²) in [6.45, 7) is 7.22. The Morgan fingerprint density at radius 3 is 2.58 bits per heavy atom. The van der Waals surface area contributed by atoms with Crippen molar-refractivity contribution in [2.24, 2.45) is 5.41 Å². The van der Waals surface area contributed by atoms with Crippen molar-refractivity contribution in [3.05, 3.63) is 29.8 Å². The Kier molecular flexibility index (Phi) is 4.19. The van der Waals surface area contributed by atoms with E-state index in [1.54, 1.807) is 0 Å². The zero-order chi connectivity index (χ0) is 13.9. The van der Waals surface area contributed by atoms with E-state index >= 15 is 0 Å². The Hall–Kier alpha value is -1.02. The summed E-state index contributed by atoms with van der Waals surface area (Å²) < 4.78 is 5.69. The summed E-state index contributed by atoms with van der Waals surface area (Å²) in [5.74, 6) is 0.840. The summed E-state index contributed by atoms with van der Waals surface area (Å²) >= 11 is 0. The van der Waals surface area contributed by atoms with Crippen LogP contribution in [-0.2, 0) is 5.60 Å². The van der Waals surface area contributed by atoms with Gasteiger partial charge in [0.15, 0.2) is 0 Å². The van der Waals surface area contributed by atoms with E-state index in [0.717, 1.165) is 37.0 Å². The Balaban J connectivity index is 2.29. The molecule has 1 saturated carbocycles. The molecule has 0 radical (unpaired) electrons. The highest BCUT2D eigenvalue weighted by molar-refractivity contribution is 5.38. The van der Waals surface area contributed by atoms with E-state index in [2.05, 4.69) is 13.8 Å². The van der Waals surface area contributed by atoms with Crippen LogP contribution in [0.2, 0.25) is 0 Å². The van der Waals surface area contributed by atoms with E-state index < -0.39 is 5.60 Å². The molecule has 1 aromatic carbocycles. The van der Waals surface area contributed by atoms with Crippen LogP contribution in [0.3, 0.4) is 0 Å². The topological polar surface area (TPSA) is 29.5 Å². The SMILES string of the molecule is CCOc1ccccc1C1(O)CCCC(C)(C)CC1. The third-order valence-electron chi connectivity index (χ3n) is 4.35. The minimum atomic E-state index is -0.723. The molecule has 0 heterocycles. The maximum absolute atomic E-state index is 11.1. The number of para-hydroxylation sites is 1. The van der Waals surface area contributed by atoms with Gasteiger partial charge in [-0.05, 0) is 50.5 Å². The van der Waals surface area contributed by atoms with Crippen molar-refractivity contribution < 1.29 is 9.84 Å². The van der Waals surface area contributed by atoms with Crippen LogP contribution in [-0.4, -0.2) is 11.7 Å². The summed E-state index contributed by atoms with van der Waals surface area (Å²) in [4.78, 5) is 0. The summed E-state index contributed by atoms with van der Waals surface area (Å²) in [7, 11) is 0. The maximum Gasteiger partial charge on any atom is 0.125 e. The van der Waals surface area contributed by atoms with Gasteiger partial charge in [0.05, 0.1) is 12.2 Å². The van der Waals surface area contributed by atoms with Crippen molar-refractivity contribution in [2.75, 3.05) is 6.61 Å². The van der Waals surface area contributed by atoms with Crippen LogP contribution >= 0.6 is 0 Å². The third kappa shape index (κ3) is 3.30. The minimum absolute atomic E-state index is 0.338. The van der Waals surface area contributed by atoms with Gasteiger partial charge in [0.2, 0.25) is 0 Å². The van der Waals surface area contributed by atoms with Crippen LogP contribution in [0, 0.1) is 5.41 Å². The highest BCUT2D eigenvalue weighted by Gasteiger charge is 2.36. The first-order chi connectivity index (χ1) is 8.97. The van der Waals surface area contributed by atoms with Gasteiger partial charge in [0, 0.05) is 5.56 Å². The van der Waals surface area contributed by atoms with Gasteiger partial charge in [0.25, 0.3) is 0 Å². The molecule has 0 saturated heterocycles. The fraction of sp³-hybridized carbons (Fsp3) is 0.647. The first-order valence-corrected chi connectivity index (χ1v) is 7.42. The molecule has 2 heteroatoms. The molecule has 1 N–H and O–H groups in total. The third-order valence-corrected chi connectivity index (χ3v) is 4.35. The molecule has 0 bridgehead atoms. The Morgan fingerprint density at radius 2 is 1.84 bits per heavy atom. The highest BCUT2D eigenvalue weighted by Crippen LogP contribution is 2.45. The highest BCUT2D eigenvalue weighted by atomic mass is 16.5. The van der Waals surface area contributed by atoms with E-state index in [4.69, 9.17) is 4.74 Å². The molecule has 1 fully saturated rings. The first kappa shape index (κ1) is 14.4. The smallest absolute Gasteiger partial charge is 0.125 e. The van der Waals surface area contributed by atoms with Gasteiger partial charge in [-0.15, -0.1) is 0 Å². The Labute approximate surface area is 116 Å². The molecular formula is C17H26O2. The lowest BCUT2D eigenvalue weighted by Gasteiger charge is -2.30. The molecule has 0 aliphatic heterocycles. The standard InChI is InChI=1S/C17H26O2/c1-4-19-15-9-6-5-8-14(15)17(18)11-7-10-16(2,3)12-13-17/h5-6,8-9,18H,4,7,10-13H2,1-3H3. The van der Waals surface area contributed by atoms with Gasteiger partial charge in [0.1, 0.15) is 5.75 Å². The van der Waals surface area contributed by atoms with Crippen LogP contribution in [0.15, 0.2) is 24.3 Å². The van der Waals surface area contributed by atoms with Gasteiger partial charge in [-0.25, -0.2) is 0 Å². The van der Waals surface area contributed by atoms with E-state index in [-0.39, 0.29) is 0 Å². The van der Waals surface area contributed by atoms with Crippen LogP contribution in [0.1, 0.15) is 58.4 Å². The second kappa shape index (κ2) is 5.54. The zero-order valence-corrected chi connectivity index (χ0v) is 12.4. The number of hydrogen-bond donors (Lipinski definition) is 1. The molecule has 106 valence electrons. The van der Waals surface area contributed by atoms with Crippen LogP contribution in [0.25, 0.3) is 0 Å². The average molecular weight is 262 g/mol. The predicted octanol–water partition coefficient (Wildman–Crippen LogP) is 4.26. The molecule has 1 aliphatic rings. The maximum atomic E-state index is 11.1. The lowest BCUT2D eigenvalue weighted by atomic mass is 9.82. The Bertz CT molecular complexity index is 425. The normalized spacial score (nSPS) is 26.7. The van der Waals surface area contributed by atoms with Gasteiger partial charge in [-0.3, -0.25) is 0 Å². The Morgan fingerprint density at radius 1 is 1.11 bits per heavy atom. The van der Waals surface area contributed by atoms with Crippen LogP contribution in [0.4, 0.5) is 0 Å². The van der Waals surface area contributed by atoms with Gasteiger partial charge < -0.3 is 9.84 Å². The average Bonchev–Trinajstić information content (AvgIpc) is 2.51. The molecule has 0 amide bonds. The molecule has 2 nitrogen and oxygen atoms in total. The summed E-state index contributed by atoms with van der Waals surface area (Å²) in [5, 5.41) is 11.1. The number of hydrogen-bond acceptors (Lipinski definition) is 2. The lowest BCUT2D eigenvalue weighted by Crippen LogP contribution is -2.26. The molecular weight excluding hydrogens is 236 g/mol. The van der Waals surface area contributed by atoms with Crippen molar-refractivity contribution in [2.45, 2.75) is 58.5 Å². The summed E-state index contributed by atoms with van der Waals surface area (Å²) in [6.07, 6.45) is 4.98. The quantitative estimate of drug-likeness (QED) is 0.825. The lowest BCUT2D eigenvalue weighted by molar-refractivity contribution is 0.0154. The van der Waals surface area contributed by atoms with E-state index in [9.17, 15) is 5.11 Å². The number of benzene rings is 1. The monoisotopic (exact) mass is 262 g/mol.